The molecule has 126 valence electrons. The molecule has 5 nitrogen and oxygen atoms in total. The lowest BCUT2D eigenvalue weighted by molar-refractivity contribution is 0.0698. The number of aromatic carboxylic acids is 1. The average molecular weight is 337 g/mol. The number of carboxylic acid groups (broad SMARTS) is 1. The van der Waals surface area contributed by atoms with Gasteiger partial charge in [-0.3, -0.25) is 0 Å². The minimum absolute atomic E-state index is 0.0227. The summed E-state index contributed by atoms with van der Waals surface area (Å²) in [6, 6.07) is 5.66. The molecule has 0 saturated carbocycles. The Labute approximate surface area is 135 Å². The molecule has 0 aliphatic heterocycles. The van der Waals surface area contributed by atoms with Crippen LogP contribution in [0.3, 0.4) is 0 Å². The van der Waals surface area contributed by atoms with E-state index in [9.17, 15) is 18.0 Å². The summed E-state index contributed by atoms with van der Waals surface area (Å²) in [4.78, 5) is 15.1. The van der Waals surface area contributed by atoms with E-state index in [4.69, 9.17) is 5.11 Å². The number of alkyl halides is 2. The van der Waals surface area contributed by atoms with Crippen molar-refractivity contribution in [1.29, 1.82) is 0 Å². The maximum atomic E-state index is 13.1. The summed E-state index contributed by atoms with van der Waals surface area (Å²) in [5.41, 5.74) is -0.680. The van der Waals surface area contributed by atoms with Gasteiger partial charge < -0.3 is 5.11 Å². The van der Waals surface area contributed by atoms with Crippen molar-refractivity contribution in [3.63, 3.8) is 0 Å². The van der Waals surface area contributed by atoms with Crippen LogP contribution in [0.5, 0.6) is 0 Å². The maximum Gasteiger partial charge on any atom is 0.339 e. The Balaban J connectivity index is 0.00000100. The summed E-state index contributed by atoms with van der Waals surface area (Å²) < 4.78 is 40.4. The Hall–Kier alpha value is -2.90. The van der Waals surface area contributed by atoms with Gasteiger partial charge in [0.25, 0.3) is 6.43 Å². The molecule has 0 atom stereocenters. The molecule has 0 radical (unpaired) electrons. The molecule has 0 fully saturated rings. The van der Waals surface area contributed by atoms with Crippen molar-refractivity contribution in [2.75, 3.05) is 0 Å². The van der Waals surface area contributed by atoms with Gasteiger partial charge in [0.15, 0.2) is 11.5 Å². The first-order valence-corrected chi connectivity index (χ1v) is 7.14. The monoisotopic (exact) mass is 337 g/mol. The summed E-state index contributed by atoms with van der Waals surface area (Å²) in [5, 5.41) is 13.1. The summed E-state index contributed by atoms with van der Waals surface area (Å²) in [5.74, 6) is -2.10. The fourth-order valence-corrected chi connectivity index (χ4v) is 2.10. The molecule has 2 aromatic heterocycles. The third kappa shape index (κ3) is 3.22. The van der Waals surface area contributed by atoms with E-state index in [1.807, 2.05) is 13.8 Å². The maximum absolute atomic E-state index is 13.1. The highest BCUT2D eigenvalue weighted by molar-refractivity contribution is 5.94. The second-order valence-corrected chi connectivity index (χ2v) is 4.46. The van der Waals surface area contributed by atoms with Crippen molar-refractivity contribution in [3.05, 3.63) is 53.5 Å². The highest BCUT2D eigenvalue weighted by Gasteiger charge is 2.20. The van der Waals surface area contributed by atoms with Gasteiger partial charge in [-0.05, 0) is 30.3 Å². The van der Waals surface area contributed by atoms with Crippen LogP contribution in [-0.2, 0) is 0 Å². The quantitative estimate of drug-likeness (QED) is 0.778. The van der Waals surface area contributed by atoms with Gasteiger partial charge in [-0.2, -0.15) is 0 Å². The number of nitrogens with zero attached hydrogens (tertiary/aromatic N) is 3. The van der Waals surface area contributed by atoms with E-state index in [-0.39, 0.29) is 22.6 Å². The second-order valence-electron chi connectivity index (χ2n) is 4.46. The molecule has 0 amide bonds. The average Bonchev–Trinajstić information content (AvgIpc) is 3.00. The molecule has 0 unspecified atom stereocenters. The lowest BCUT2D eigenvalue weighted by Gasteiger charge is -2.05. The topological polar surface area (TPSA) is 67.5 Å². The Morgan fingerprint density at radius 2 is 1.96 bits per heavy atom. The smallest absolute Gasteiger partial charge is 0.339 e. The number of fused-ring (bicyclic) bond motifs is 1. The van der Waals surface area contributed by atoms with Gasteiger partial charge in [-0.25, -0.2) is 27.5 Å². The van der Waals surface area contributed by atoms with Gasteiger partial charge in [0.2, 0.25) is 0 Å². The summed E-state index contributed by atoms with van der Waals surface area (Å²) >= 11 is 0. The van der Waals surface area contributed by atoms with Crippen LogP contribution in [0.4, 0.5) is 13.2 Å². The molecule has 24 heavy (non-hydrogen) atoms. The van der Waals surface area contributed by atoms with Crippen LogP contribution in [0.2, 0.25) is 0 Å². The van der Waals surface area contributed by atoms with Gasteiger partial charge >= 0.3 is 5.97 Å². The first kappa shape index (κ1) is 17.5. The fourth-order valence-electron chi connectivity index (χ4n) is 2.10. The predicted molar refractivity (Wildman–Crippen MR) is 81.6 cm³/mol. The molecule has 2 heterocycles. The zero-order valence-corrected chi connectivity index (χ0v) is 12.9. The third-order valence-corrected chi connectivity index (χ3v) is 3.08. The third-order valence-electron chi connectivity index (χ3n) is 3.08. The number of halogens is 3. The molecule has 0 spiro atoms. The Morgan fingerprint density at radius 1 is 1.25 bits per heavy atom. The van der Waals surface area contributed by atoms with E-state index >= 15 is 0 Å². The molecule has 0 saturated heterocycles. The van der Waals surface area contributed by atoms with Crippen LogP contribution in [0.25, 0.3) is 17.0 Å². The van der Waals surface area contributed by atoms with Gasteiger partial charge in [0.05, 0.1) is 0 Å². The summed E-state index contributed by atoms with van der Waals surface area (Å²) in [6.07, 6.45) is -1.46. The van der Waals surface area contributed by atoms with Crippen LogP contribution < -0.4 is 0 Å². The van der Waals surface area contributed by atoms with Crippen molar-refractivity contribution < 1.29 is 23.1 Å². The van der Waals surface area contributed by atoms with E-state index in [1.54, 1.807) is 0 Å². The lowest BCUT2D eigenvalue weighted by atomic mass is 10.1. The molecule has 1 aromatic carbocycles. The minimum Gasteiger partial charge on any atom is -0.478 e. The van der Waals surface area contributed by atoms with Gasteiger partial charge in [-0.1, -0.05) is 13.8 Å². The highest BCUT2D eigenvalue weighted by atomic mass is 19.3. The molecule has 3 aromatic rings. The largest absolute Gasteiger partial charge is 0.478 e. The number of benzene rings is 1. The van der Waals surface area contributed by atoms with Gasteiger partial charge in [0, 0.05) is 17.3 Å². The van der Waals surface area contributed by atoms with Gasteiger partial charge in [0.1, 0.15) is 11.4 Å². The predicted octanol–water partition coefficient (Wildman–Crippen LogP) is 4.20. The van der Waals surface area contributed by atoms with Crippen molar-refractivity contribution in [2.45, 2.75) is 20.3 Å². The van der Waals surface area contributed by atoms with Crippen molar-refractivity contribution in [1.82, 2.24) is 14.6 Å². The van der Waals surface area contributed by atoms with E-state index in [2.05, 4.69) is 10.1 Å². The highest BCUT2D eigenvalue weighted by Crippen LogP contribution is 2.30. The molecule has 0 bridgehead atoms. The fraction of sp³-hybridized carbons (Fsp3) is 0.188. The summed E-state index contributed by atoms with van der Waals surface area (Å²) in [7, 11) is 0. The second kappa shape index (κ2) is 7.12. The molecule has 8 heteroatoms. The van der Waals surface area contributed by atoms with Crippen LogP contribution in [0.15, 0.2) is 36.5 Å². The molecular weight excluding hydrogens is 323 g/mol. The van der Waals surface area contributed by atoms with Crippen LogP contribution in [0, 0.1) is 5.82 Å². The Bertz CT molecular complexity index is 878. The number of carboxylic acids is 1. The van der Waals surface area contributed by atoms with E-state index in [0.717, 1.165) is 12.1 Å². The zero-order chi connectivity index (χ0) is 17.9. The molecule has 3 rings (SSSR count). The standard InChI is InChI=1S/C14H8F3N3O2.C2H6/c15-7-3-4-8(10(6-7)11(16)17)12-18-13-9(14(21)22)2-1-5-20(13)19-12;1-2/h1-6,11H,(H,21,22);1-2H3. The van der Waals surface area contributed by atoms with E-state index < -0.39 is 23.8 Å². The van der Waals surface area contributed by atoms with Crippen molar-refractivity contribution in [2.24, 2.45) is 0 Å². The van der Waals surface area contributed by atoms with Crippen molar-refractivity contribution in [3.8, 4) is 11.4 Å². The minimum atomic E-state index is -2.91. The number of hydrogen-bond donors (Lipinski definition) is 1. The van der Waals surface area contributed by atoms with Crippen LogP contribution in [0.1, 0.15) is 36.2 Å². The van der Waals surface area contributed by atoms with E-state index in [1.165, 1.54) is 22.8 Å². The Kier molecular flexibility index (Phi) is 5.18. The SMILES string of the molecule is CC.O=C(O)c1cccn2nc(-c3ccc(F)cc3C(F)F)nc12. The molecule has 1 N–H and O–H groups in total. The number of pyridine rings is 1. The number of rotatable bonds is 3. The lowest BCUT2D eigenvalue weighted by Crippen LogP contribution is -2.00. The molecule has 0 aliphatic carbocycles. The van der Waals surface area contributed by atoms with Crippen LogP contribution in [-0.4, -0.2) is 25.7 Å². The summed E-state index contributed by atoms with van der Waals surface area (Å²) in [6.45, 7) is 4.00. The number of carbonyl (C=O) groups is 1. The molecule has 0 aliphatic rings. The van der Waals surface area contributed by atoms with E-state index in [0.29, 0.717) is 6.07 Å². The van der Waals surface area contributed by atoms with Gasteiger partial charge in [-0.15, -0.1) is 5.10 Å². The van der Waals surface area contributed by atoms with Crippen molar-refractivity contribution >= 4 is 11.6 Å². The first-order valence-electron chi connectivity index (χ1n) is 7.14. The zero-order valence-electron chi connectivity index (χ0n) is 12.9. The van der Waals surface area contributed by atoms with Crippen LogP contribution >= 0.6 is 0 Å². The Morgan fingerprint density at radius 3 is 2.58 bits per heavy atom. The first-order chi connectivity index (χ1) is 11.5. The normalized spacial score (nSPS) is 10.6. The number of hydrogen-bond acceptors (Lipinski definition) is 3. The number of aromatic nitrogens is 3. The molecular formula is C16H14F3N3O2.